The van der Waals surface area contributed by atoms with E-state index in [0.717, 1.165) is 0 Å². The van der Waals surface area contributed by atoms with Crippen LogP contribution in [0.4, 0.5) is 0 Å². The van der Waals surface area contributed by atoms with Crippen molar-refractivity contribution in [3.05, 3.63) is 57.9 Å². The van der Waals surface area contributed by atoms with Crippen LogP contribution in [0.1, 0.15) is 35.1 Å². The molecule has 0 fully saturated rings. The number of rotatable bonds is 3. The minimum atomic E-state index is 0.486. The predicted molar refractivity (Wildman–Crippen MR) is 88.7 cm³/mol. The maximum absolute atomic E-state index is 2.32. The van der Waals surface area contributed by atoms with E-state index >= 15 is 0 Å². The van der Waals surface area contributed by atoms with Crippen LogP contribution in [-0.2, 0) is 7.05 Å². The normalized spacial score (nSPS) is 13.2. The van der Waals surface area contributed by atoms with Crippen LogP contribution in [0.25, 0.3) is 10.9 Å². The molecule has 0 N–H and O–H groups in total. The van der Waals surface area contributed by atoms with Gasteiger partial charge >= 0.3 is 0 Å². The second kappa shape index (κ2) is 5.10. The molecule has 0 radical (unpaired) electrons. The molecular weight excluding hydrogens is 262 g/mol. The highest BCUT2D eigenvalue weighted by Crippen LogP contribution is 2.39. The van der Waals surface area contributed by atoms with Gasteiger partial charge in [-0.25, -0.2) is 0 Å². The molecule has 2 aromatic heterocycles. The maximum Gasteiger partial charge on any atom is 0.0480 e. The lowest BCUT2D eigenvalue weighted by molar-refractivity contribution is 0.573. The molecular formula is C18H21NS. The third kappa shape index (κ3) is 2.18. The van der Waals surface area contributed by atoms with Crippen molar-refractivity contribution in [1.29, 1.82) is 0 Å². The Hall–Kier alpha value is -1.54. The lowest BCUT2D eigenvalue weighted by atomic mass is 9.87. The Bertz CT molecular complexity index is 733. The van der Waals surface area contributed by atoms with Crippen molar-refractivity contribution in [3.8, 4) is 0 Å². The molecule has 2 heteroatoms. The molecule has 1 aromatic carbocycles. The van der Waals surface area contributed by atoms with Gasteiger partial charge in [0.2, 0.25) is 0 Å². The number of hydrogen-bond donors (Lipinski definition) is 0. The number of para-hydroxylation sites is 1. The van der Waals surface area contributed by atoms with Crippen molar-refractivity contribution in [2.75, 3.05) is 0 Å². The van der Waals surface area contributed by atoms with Gasteiger partial charge in [0.25, 0.3) is 0 Å². The number of aromatic nitrogens is 1. The van der Waals surface area contributed by atoms with Crippen molar-refractivity contribution in [3.63, 3.8) is 0 Å². The van der Waals surface area contributed by atoms with Crippen molar-refractivity contribution >= 4 is 22.2 Å². The van der Waals surface area contributed by atoms with Crippen LogP contribution >= 0.6 is 11.3 Å². The molecule has 0 saturated heterocycles. The Morgan fingerprint density at radius 2 is 1.80 bits per heavy atom. The molecule has 2 heterocycles. The largest absolute Gasteiger partial charge is 0.350 e. The Labute approximate surface area is 124 Å². The SMILES string of the molecule is Cc1ccc(C(c2cn(C)c3ccccc23)C(C)C)s1. The molecule has 3 aromatic rings. The first kappa shape index (κ1) is 13.4. The van der Waals surface area contributed by atoms with E-state index in [1.165, 1.54) is 26.2 Å². The summed E-state index contributed by atoms with van der Waals surface area (Å²) in [7, 11) is 2.14. The van der Waals surface area contributed by atoms with Crippen LogP contribution in [0.15, 0.2) is 42.6 Å². The van der Waals surface area contributed by atoms with Crippen LogP contribution in [0.5, 0.6) is 0 Å². The lowest BCUT2D eigenvalue weighted by Crippen LogP contribution is -2.06. The summed E-state index contributed by atoms with van der Waals surface area (Å²) < 4.78 is 2.25. The quantitative estimate of drug-likeness (QED) is 0.611. The number of thiophene rings is 1. The summed E-state index contributed by atoms with van der Waals surface area (Å²) >= 11 is 1.93. The molecule has 0 amide bonds. The molecule has 1 atom stereocenters. The number of benzene rings is 1. The van der Waals surface area contributed by atoms with Crippen LogP contribution in [0, 0.1) is 12.8 Å². The number of nitrogens with zero attached hydrogens (tertiary/aromatic N) is 1. The van der Waals surface area contributed by atoms with Crippen molar-refractivity contribution in [2.45, 2.75) is 26.7 Å². The summed E-state index contributed by atoms with van der Waals surface area (Å²) in [4.78, 5) is 2.87. The monoisotopic (exact) mass is 283 g/mol. The van der Waals surface area contributed by atoms with E-state index in [0.29, 0.717) is 11.8 Å². The maximum atomic E-state index is 2.32. The smallest absolute Gasteiger partial charge is 0.0480 e. The van der Waals surface area contributed by atoms with Gasteiger partial charge in [-0.05, 0) is 36.6 Å². The van der Waals surface area contributed by atoms with Gasteiger partial charge in [0, 0.05) is 39.8 Å². The minimum Gasteiger partial charge on any atom is -0.350 e. The van der Waals surface area contributed by atoms with Crippen LogP contribution in [0.3, 0.4) is 0 Å². The van der Waals surface area contributed by atoms with Crippen molar-refractivity contribution in [1.82, 2.24) is 4.57 Å². The average Bonchev–Trinajstić information content (AvgIpc) is 2.96. The fourth-order valence-electron chi connectivity index (χ4n) is 3.08. The topological polar surface area (TPSA) is 4.93 Å². The van der Waals surface area contributed by atoms with E-state index in [9.17, 15) is 0 Å². The molecule has 0 spiro atoms. The van der Waals surface area contributed by atoms with E-state index < -0.39 is 0 Å². The van der Waals surface area contributed by atoms with Crippen LogP contribution < -0.4 is 0 Å². The fourth-order valence-corrected chi connectivity index (χ4v) is 4.25. The second-order valence-electron chi connectivity index (χ2n) is 5.88. The van der Waals surface area contributed by atoms with Crippen molar-refractivity contribution < 1.29 is 0 Å². The zero-order valence-electron chi connectivity index (χ0n) is 12.6. The number of aryl methyl sites for hydroxylation is 2. The van der Waals surface area contributed by atoms with Gasteiger partial charge in [0.1, 0.15) is 0 Å². The number of hydrogen-bond acceptors (Lipinski definition) is 1. The summed E-state index contributed by atoms with van der Waals surface area (Å²) in [6, 6.07) is 13.2. The van der Waals surface area contributed by atoms with E-state index in [1.807, 2.05) is 11.3 Å². The second-order valence-corrected chi connectivity index (χ2v) is 7.20. The van der Waals surface area contributed by atoms with E-state index in [4.69, 9.17) is 0 Å². The third-order valence-electron chi connectivity index (χ3n) is 4.00. The molecule has 1 nitrogen and oxygen atoms in total. The van der Waals surface area contributed by atoms with E-state index in [2.05, 4.69) is 75.0 Å². The van der Waals surface area contributed by atoms with Gasteiger partial charge < -0.3 is 4.57 Å². The highest BCUT2D eigenvalue weighted by molar-refractivity contribution is 7.12. The Kier molecular flexibility index (Phi) is 3.43. The molecule has 0 aliphatic rings. The minimum absolute atomic E-state index is 0.486. The summed E-state index contributed by atoms with van der Waals surface area (Å²) in [5.74, 6) is 1.08. The summed E-state index contributed by atoms with van der Waals surface area (Å²) in [5.41, 5.74) is 2.78. The first-order valence-corrected chi connectivity index (χ1v) is 8.00. The van der Waals surface area contributed by atoms with Gasteiger partial charge in [-0.1, -0.05) is 32.0 Å². The first-order valence-electron chi connectivity index (χ1n) is 7.18. The zero-order chi connectivity index (χ0) is 14.3. The van der Waals surface area contributed by atoms with Crippen LogP contribution in [-0.4, -0.2) is 4.57 Å². The Balaban J connectivity index is 2.20. The first-order chi connectivity index (χ1) is 9.58. The predicted octanol–water partition coefficient (Wildman–Crippen LogP) is 5.34. The molecule has 0 aliphatic heterocycles. The van der Waals surface area contributed by atoms with Gasteiger partial charge in [-0.2, -0.15) is 0 Å². The molecule has 104 valence electrons. The number of fused-ring (bicyclic) bond motifs is 1. The van der Waals surface area contributed by atoms with Gasteiger partial charge in [0.15, 0.2) is 0 Å². The van der Waals surface area contributed by atoms with Crippen molar-refractivity contribution in [2.24, 2.45) is 13.0 Å². The molecule has 0 bridgehead atoms. The Morgan fingerprint density at radius 1 is 1.05 bits per heavy atom. The molecule has 0 aliphatic carbocycles. The Morgan fingerprint density at radius 3 is 2.45 bits per heavy atom. The molecule has 0 saturated carbocycles. The zero-order valence-corrected chi connectivity index (χ0v) is 13.4. The van der Waals surface area contributed by atoms with Gasteiger partial charge in [0.05, 0.1) is 0 Å². The summed E-state index contributed by atoms with van der Waals surface area (Å²) in [5, 5.41) is 1.39. The standard InChI is InChI=1S/C18H21NS/c1-12(2)18(17-10-9-13(3)20-17)15-11-19(4)16-8-6-5-7-14(15)16/h5-12,18H,1-4H3. The summed E-state index contributed by atoms with van der Waals surface area (Å²) in [6.07, 6.45) is 2.31. The fraction of sp³-hybridized carbons (Fsp3) is 0.333. The highest BCUT2D eigenvalue weighted by Gasteiger charge is 2.23. The van der Waals surface area contributed by atoms with Crippen LogP contribution in [0.2, 0.25) is 0 Å². The van der Waals surface area contributed by atoms with Gasteiger partial charge in [-0.15, -0.1) is 11.3 Å². The average molecular weight is 283 g/mol. The van der Waals surface area contributed by atoms with E-state index in [-0.39, 0.29) is 0 Å². The molecule has 3 rings (SSSR count). The van der Waals surface area contributed by atoms with E-state index in [1.54, 1.807) is 0 Å². The third-order valence-corrected chi connectivity index (χ3v) is 5.08. The summed E-state index contributed by atoms with van der Waals surface area (Å²) in [6.45, 7) is 6.83. The molecule has 1 unspecified atom stereocenters. The highest BCUT2D eigenvalue weighted by atomic mass is 32.1. The molecule has 20 heavy (non-hydrogen) atoms. The lowest BCUT2D eigenvalue weighted by Gasteiger charge is -2.19. The van der Waals surface area contributed by atoms with Gasteiger partial charge in [-0.3, -0.25) is 0 Å².